The van der Waals surface area contributed by atoms with Gasteiger partial charge >= 0.3 is 0 Å². The minimum atomic E-state index is -3.73. The molecule has 1 unspecified atom stereocenters. The Balaban J connectivity index is 2.14. The maximum atomic E-state index is 12.1. The molecule has 0 aromatic carbocycles. The summed E-state index contributed by atoms with van der Waals surface area (Å²) in [7, 11) is -3.73. The van der Waals surface area contributed by atoms with Crippen LogP contribution in [0.15, 0.2) is 10.3 Å². The lowest BCUT2D eigenvalue weighted by molar-refractivity contribution is -0.384. The van der Waals surface area contributed by atoms with Crippen molar-refractivity contribution in [3.8, 4) is 0 Å². The third kappa shape index (κ3) is 3.65. The van der Waals surface area contributed by atoms with E-state index in [1.807, 2.05) is 0 Å². The van der Waals surface area contributed by atoms with E-state index >= 15 is 0 Å². The molecule has 2 rings (SSSR count). The van der Waals surface area contributed by atoms with Gasteiger partial charge in [0.15, 0.2) is 4.34 Å². The van der Waals surface area contributed by atoms with E-state index in [4.69, 9.17) is 11.6 Å². The quantitative estimate of drug-likeness (QED) is 0.643. The summed E-state index contributed by atoms with van der Waals surface area (Å²) in [6, 6.07) is 0.816. The van der Waals surface area contributed by atoms with Gasteiger partial charge in [-0.2, -0.15) is 0 Å². The lowest BCUT2D eigenvalue weighted by Gasteiger charge is -2.12. The van der Waals surface area contributed by atoms with E-state index in [1.54, 1.807) is 6.92 Å². The van der Waals surface area contributed by atoms with Gasteiger partial charge < -0.3 is 0 Å². The summed E-state index contributed by atoms with van der Waals surface area (Å²) in [5.74, 6) is 0.596. The van der Waals surface area contributed by atoms with E-state index in [-0.39, 0.29) is 20.3 Å². The predicted octanol–water partition coefficient (Wildman–Crippen LogP) is 2.78. The first-order chi connectivity index (χ1) is 8.79. The molecule has 1 fully saturated rings. The smallest absolute Gasteiger partial charge is 0.258 e. The Kier molecular flexibility index (Phi) is 4.14. The van der Waals surface area contributed by atoms with E-state index in [9.17, 15) is 18.5 Å². The Labute approximate surface area is 120 Å². The van der Waals surface area contributed by atoms with Crippen LogP contribution in [0.25, 0.3) is 0 Å². The highest BCUT2D eigenvalue weighted by Gasteiger charge is 2.29. The van der Waals surface area contributed by atoms with Crippen LogP contribution in [-0.2, 0) is 10.0 Å². The Morgan fingerprint density at radius 2 is 2.26 bits per heavy atom. The van der Waals surface area contributed by atoms with Crippen molar-refractivity contribution in [3.63, 3.8) is 0 Å². The number of nitrogens with zero attached hydrogens (tertiary/aromatic N) is 1. The highest BCUT2D eigenvalue weighted by atomic mass is 35.5. The summed E-state index contributed by atoms with van der Waals surface area (Å²) >= 11 is 6.36. The maximum absolute atomic E-state index is 12.1. The maximum Gasteiger partial charge on any atom is 0.300 e. The van der Waals surface area contributed by atoms with Crippen LogP contribution in [0.2, 0.25) is 4.34 Å². The summed E-state index contributed by atoms with van der Waals surface area (Å²) in [5.41, 5.74) is -0.373. The topological polar surface area (TPSA) is 89.3 Å². The average molecular weight is 325 g/mol. The van der Waals surface area contributed by atoms with Crippen LogP contribution < -0.4 is 4.72 Å². The van der Waals surface area contributed by atoms with Gasteiger partial charge in [-0.3, -0.25) is 10.1 Å². The molecule has 1 aliphatic carbocycles. The molecule has 1 atom stereocenters. The molecule has 0 radical (unpaired) electrons. The fourth-order valence-electron chi connectivity index (χ4n) is 1.82. The third-order valence-electron chi connectivity index (χ3n) is 2.85. The second-order valence-corrected chi connectivity index (χ2v) is 8.28. The van der Waals surface area contributed by atoms with Crippen molar-refractivity contribution in [2.24, 2.45) is 5.92 Å². The molecule has 1 heterocycles. The summed E-state index contributed by atoms with van der Waals surface area (Å²) in [4.78, 5) is 9.96. The first-order valence-electron chi connectivity index (χ1n) is 5.75. The van der Waals surface area contributed by atoms with Gasteiger partial charge in [0.05, 0.1) is 4.92 Å². The minimum Gasteiger partial charge on any atom is -0.258 e. The van der Waals surface area contributed by atoms with Crippen molar-refractivity contribution in [2.45, 2.75) is 36.4 Å². The molecule has 1 aromatic rings. The van der Waals surface area contributed by atoms with Crippen LogP contribution in [-0.4, -0.2) is 19.4 Å². The van der Waals surface area contributed by atoms with Gasteiger partial charge in [0.25, 0.3) is 15.7 Å². The van der Waals surface area contributed by atoms with E-state index in [2.05, 4.69) is 4.72 Å². The van der Waals surface area contributed by atoms with Crippen LogP contribution in [0, 0.1) is 16.0 Å². The van der Waals surface area contributed by atoms with Crippen molar-refractivity contribution in [2.75, 3.05) is 0 Å². The Morgan fingerprint density at radius 1 is 1.63 bits per heavy atom. The van der Waals surface area contributed by atoms with Crippen LogP contribution in [0.4, 0.5) is 5.69 Å². The van der Waals surface area contributed by atoms with Crippen LogP contribution in [0.3, 0.4) is 0 Å². The van der Waals surface area contributed by atoms with E-state index < -0.39 is 14.9 Å². The molecule has 19 heavy (non-hydrogen) atoms. The zero-order valence-corrected chi connectivity index (χ0v) is 12.5. The van der Waals surface area contributed by atoms with Gasteiger partial charge in [-0.15, -0.1) is 11.3 Å². The van der Waals surface area contributed by atoms with Crippen LogP contribution in [0.1, 0.15) is 26.2 Å². The first-order valence-corrected chi connectivity index (χ1v) is 8.43. The number of thiophene rings is 1. The second kappa shape index (κ2) is 5.35. The molecule has 0 spiro atoms. The molecule has 1 N–H and O–H groups in total. The zero-order chi connectivity index (χ0) is 14.2. The molecule has 1 aromatic heterocycles. The minimum absolute atomic E-state index is 0.119. The highest BCUT2D eigenvalue weighted by Crippen LogP contribution is 2.37. The SMILES string of the molecule is CC(CC1CC1)NS(=O)(=O)c1cc([N+](=O)[O-])c(Cl)s1. The Morgan fingerprint density at radius 3 is 2.74 bits per heavy atom. The predicted molar refractivity (Wildman–Crippen MR) is 73.1 cm³/mol. The largest absolute Gasteiger partial charge is 0.300 e. The monoisotopic (exact) mass is 324 g/mol. The number of hydrogen-bond acceptors (Lipinski definition) is 5. The summed E-state index contributed by atoms with van der Waals surface area (Å²) in [6.07, 6.45) is 3.07. The van der Waals surface area contributed by atoms with Gasteiger partial charge in [-0.05, 0) is 19.3 Å². The Hall–Kier alpha value is -0.700. The molecule has 6 nitrogen and oxygen atoms in total. The van der Waals surface area contributed by atoms with Gasteiger partial charge in [0, 0.05) is 12.1 Å². The fourth-order valence-corrected chi connectivity index (χ4v) is 4.76. The van der Waals surface area contributed by atoms with E-state index in [0.29, 0.717) is 17.3 Å². The zero-order valence-electron chi connectivity index (χ0n) is 10.1. The number of hydrogen-bond donors (Lipinski definition) is 1. The lowest BCUT2D eigenvalue weighted by Crippen LogP contribution is -2.32. The summed E-state index contributed by atoms with van der Waals surface area (Å²) in [6.45, 7) is 1.79. The number of nitrogens with one attached hydrogen (secondary N) is 1. The van der Waals surface area contributed by atoms with Crippen molar-refractivity contribution in [3.05, 3.63) is 20.5 Å². The first kappa shape index (κ1) is 14.7. The van der Waals surface area contributed by atoms with E-state index in [0.717, 1.165) is 25.3 Å². The fraction of sp³-hybridized carbons (Fsp3) is 0.600. The lowest BCUT2D eigenvalue weighted by atomic mass is 10.2. The Bertz CT molecular complexity index is 595. The summed E-state index contributed by atoms with van der Waals surface area (Å²) < 4.78 is 26.4. The molecule has 0 aliphatic heterocycles. The van der Waals surface area contributed by atoms with Gasteiger partial charge in [0.1, 0.15) is 4.21 Å². The average Bonchev–Trinajstić information content (AvgIpc) is 2.96. The molecule has 0 amide bonds. The van der Waals surface area contributed by atoms with Gasteiger partial charge in [0.2, 0.25) is 0 Å². The molecule has 9 heteroatoms. The molecule has 0 bridgehead atoms. The summed E-state index contributed by atoms with van der Waals surface area (Å²) in [5, 5.41) is 10.7. The second-order valence-electron chi connectivity index (χ2n) is 4.68. The van der Waals surface area contributed by atoms with Gasteiger partial charge in [-0.25, -0.2) is 13.1 Å². The molecule has 106 valence electrons. The number of nitro groups is 1. The molecule has 1 saturated carbocycles. The van der Waals surface area contributed by atoms with Crippen LogP contribution in [0.5, 0.6) is 0 Å². The number of sulfonamides is 1. The normalized spacial score (nSPS) is 17.4. The van der Waals surface area contributed by atoms with Gasteiger partial charge in [-0.1, -0.05) is 24.4 Å². The van der Waals surface area contributed by atoms with E-state index in [1.165, 1.54) is 0 Å². The standard InChI is InChI=1S/C10H13ClN2O4S2/c1-6(4-7-2-3-7)12-19(16,17)9-5-8(13(14)15)10(11)18-9/h5-7,12H,2-4H2,1H3. The van der Waals surface area contributed by atoms with Crippen molar-refractivity contribution >= 4 is 38.6 Å². The molecule has 0 saturated heterocycles. The van der Waals surface area contributed by atoms with Crippen molar-refractivity contribution in [1.82, 2.24) is 4.72 Å². The molecular weight excluding hydrogens is 312 g/mol. The van der Waals surface area contributed by atoms with Crippen molar-refractivity contribution < 1.29 is 13.3 Å². The molecular formula is C10H13ClN2O4S2. The highest BCUT2D eigenvalue weighted by molar-refractivity contribution is 7.91. The van der Waals surface area contributed by atoms with Crippen LogP contribution >= 0.6 is 22.9 Å². The number of halogens is 1. The molecule has 1 aliphatic rings. The third-order valence-corrected chi connectivity index (χ3v) is 6.25. The number of rotatable bonds is 6. The van der Waals surface area contributed by atoms with Crippen molar-refractivity contribution in [1.29, 1.82) is 0 Å².